The summed E-state index contributed by atoms with van der Waals surface area (Å²) in [6.45, 7) is 1.61. The number of carbonyl (C=O) groups excluding carboxylic acids is 1. The summed E-state index contributed by atoms with van der Waals surface area (Å²) in [5, 5.41) is 0. The van der Waals surface area contributed by atoms with E-state index in [1.54, 1.807) is 6.92 Å². The number of hydrogen-bond acceptors (Lipinski definition) is 1. The molecule has 0 bridgehead atoms. The quantitative estimate of drug-likeness (QED) is 0.692. The number of allylic oxidation sites excluding steroid dienone is 5. The Bertz CT molecular complexity index is 559. The van der Waals surface area contributed by atoms with Crippen LogP contribution in [0.2, 0.25) is 0 Å². The van der Waals surface area contributed by atoms with Gasteiger partial charge in [-0.3, -0.25) is 4.79 Å². The second-order valence-electron chi connectivity index (χ2n) is 4.27. The summed E-state index contributed by atoms with van der Waals surface area (Å²) in [4.78, 5) is 11.3. The van der Waals surface area contributed by atoms with Crippen molar-refractivity contribution in [1.82, 2.24) is 0 Å². The molecule has 2 aliphatic carbocycles. The Kier molecular flexibility index (Phi) is 1.93. The van der Waals surface area contributed by atoms with Gasteiger partial charge in [0.2, 0.25) is 0 Å². The monoisotopic (exact) mass is 208 g/mol. The molecule has 0 radical (unpaired) electrons. The number of carbonyl (C=O) groups is 1. The number of fused-ring (bicyclic) bond motifs is 3. The highest BCUT2D eigenvalue weighted by molar-refractivity contribution is 5.97. The van der Waals surface area contributed by atoms with Crippen molar-refractivity contribution in [2.45, 2.75) is 12.8 Å². The van der Waals surface area contributed by atoms with Crippen LogP contribution in [0.4, 0.5) is 0 Å². The molecule has 16 heavy (non-hydrogen) atoms. The summed E-state index contributed by atoms with van der Waals surface area (Å²) in [7, 11) is 0. The molecule has 0 N–H and O–H groups in total. The molecule has 0 fully saturated rings. The van der Waals surface area contributed by atoms with Gasteiger partial charge in [-0.25, -0.2) is 0 Å². The summed E-state index contributed by atoms with van der Waals surface area (Å²) in [5.41, 5.74) is 4.64. The third-order valence-electron chi connectivity index (χ3n) is 3.21. The van der Waals surface area contributed by atoms with Crippen molar-refractivity contribution in [1.29, 1.82) is 0 Å². The van der Waals surface area contributed by atoms with E-state index < -0.39 is 0 Å². The molecule has 1 aromatic carbocycles. The predicted octanol–water partition coefficient (Wildman–Crippen LogP) is 3.25. The van der Waals surface area contributed by atoms with Crippen molar-refractivity contribution in [3.8, 4) is 0 Å². The summed E-state index contributed by atoms with van der Waals surface area (Å²) in [5.74, 6) is 0.478. The number of Topliss-reactive ketones (excluding diaryl/α,β-unsaturated/α-hetero) is 1. The second kappa shape index (κ2) is 3.31. The minimum atomic E-state index is 0.131. The van der Waals surface area contributed by atoms with Gasteiger partial charge in [0.1, 0.15) is 0 Å². The zero-order valence-electron chi connectivity index (χ0n) is 9.10. The van der Waals surface area contributed by atoms with Crippen molar-refractivity contribution < 1.29 is 4.79 Å². The third kappa shape index (κ3) is 1.28. The predicted molar refractivity (Wildman–Crippen MR) is 65.1 cm³/mol. The lowest BCUT2D eigenvalue weighted by molar-refractivity contribution is -0.113. The number of hydrogen-bond donors (Lipinski definition) is 0. The molecule has 2 aliphatic rings. The molecule has 0 amide bonds. The maximum Gasteiger partial charge on any atom is 0.159 e. The van der Waals surface area contributed by atoms with Crippen LogP contribution < -0.4 is 0 Å². The van der Waals surface area contributed by atoms with Gasteiger partial charge >= 0.3 is 0 Å². The molecule has 0 heterocycles. The topological polar surface area (TPSA) is 17.1 Å². The highest BCUT2D eigenvalue weighted by Gasteiger charge is 2.24. The van der Waals surface area contributed by atoms with E-state index in [4.69, 9.17) is 0 Å². The summed E-state index contributed by atoms with van der Waals surface area (Å²) < 4.78 is 0. The summed E-state index contributed by atoms with van der Waals surface area (Å²) >= 11 is 0. The van der Waals surface area contributed by atoms with E-state index >= 15 is 0 Å². The molecule has 3 rings (SSSR count). The average molecular weight is 208 g/mol. The minimum Gasteiger partial charge on any atom is -0.295 e. The normalized spacial score (nSPS) is 20.9. The Morgan fingerprint density at radius 3 is 2.81 bits per heavy atom. The lowest BCUT2D eigenvalue weighted by Crippen LogP contribution is -2.03. The zero-order valence-corrected chi connectivity index (χ0v) is 9.10. The second-order valence-corrected chi connectivity index (χ2v) is 4.27. The largest absolute Gasteiger partial charge is 0.295 e. The van der Waals surface area contributed by atoms with Crippen LogP contribution in [0.3, 0.4) is 0 Å². The van der Waals surface area contributed by atoms with Gasteiger partial charge in [0, 0.05) is 11.5 Å². The van der Waals surface area contributed by atoms with E-state index in [0.29, 0.717) is 5.92 Å². The summed E-state index contributed by atoms with van der Waals surface area (Å²) in [6.07, 6.45) is 8.24. The highest BCUT2D eigenvalue weighted by Crippen LogP contribution is 2.40. The molecule has 1 unspecified atom stereocenters. The highest BCUT2D eigenvalue weighted by atomic mass is 16.1. The Hall–Kier alpha value is -1.89. The van der Waals surface area contributed by atoms with Gasteiger partial charge in [0.25, 0.3) is 0 Å². The van der Waals surface area contributed by atoms with Gasteiger partial charge in [-0.2, -0.15) is 0 Å². The van der Waals surface area contributed by atoms with Crippen LogP contribution in [0.5, 0.6) is 0 Å². The van der Waals surface area contributed by atoms with Crippen LogP contribution in [-0.2, 0) is 4.79 Å². The van der Waals surface area contributed by atoms with E-state index in [-0.39, 0.29) is 5.78 Å². The number of rotatable bonds is 1. The number of ketones is 1. The third-order valence-corrected chi connectivity index (χ3v) is 3.21. The van der Waals surface area contributed by atoms with Crippen LogP contribution >= 0.6 is 0 Å². The van der Waals surface area contributed by atoms with Gasteiger partial charge < -0.3 is 0 Å². The molecule has 78 valence electrons. The fraction of sp³-hybridized carbons (Fsp3) is 0.133. The maximum atomic E-state index is 11.3. The SMILES string of the molecule is CC(=O)C1=CC2=Cc3ccccc3C2C=C1. The van der Waals surface area contributed by atoms with Crippen molar-refractivity contribution in [3.63, 3.8) is 0 Å². The fourth-order valence-corrected chi connectivity index (χ4v) is 2.37. The molecular formula is C15H12O. The van der Waals surface area contributed by atoms with Crippen LogP contribution in [0, 0.1) is 0 Å². The lowest BCUT2D eigenvalue weighted by atomic mass is 9.89. The van der Waals surface area contributed by atoms with Crippen molar-refractivity contribution >= 4 is 11.9 Å². The van der Waals surface area contributed by atoms with Gasteiger partial charge in [-0.05, 0) is 29.7 Å². The fourth-order valence-electron chi connectivity index (χ4n) is 2.37. The molecule has 0 saturated carbocycles. The van der Waals surface area contributed by atoms with E-state index in [0.717, 1.165) is 5.57 Å². The van der Waals surface area contributed by atoms with E-state index in [2.05, 4.69) is 30.4 Å². The first-order chi connectivity index (χ1) is 7.75. The standard InChI is InChI=1S/C15H12O/c1-10(16)11-6-7-15-13(8-11)9-12-4-2-3-5-14(12)15/h2-9,15H,1H3. The van der Waals surface area contributed by atoms with E-state index in [1.165, 1.54) is 16.7 Å². The number of benzene rings is 1. The zero-order chi connectivity index (χ0) is 11.1. The Morgan fingerprint density at radius 1 is 1.19 bits per heavy atom. The molecule has 1 nitrogen and oxygen atoms in total. The van der Waals surface area contributed by atoms with Gasteiger partial charge in [-0.1, -0.05) is 42.5 Å². The van der Waals surface area contributed by atoms with Gasteiger partial charge in [-0.15, -0.1) is 0 Å². The lowest BCUT2D eigenvalue weighted by Gasteiger charge is -2.14. The van der Waals surface area contributed by atoms with Crippen LogP contribution in [0.25, 0.3) is 6.08 Å². The van der Waals surface area contributed by atoms with Crippen molar-refractivity contribution in [2.75, 3.05) is 0 Å². The minimum absolute atomic E-state index is 0.131. The smallest absolute Gasteiger partial charge is 0.159 e. The Balaban J connectivity index is 2.09. The first-order valence-corrected chi connectivity index (χ1v) is 5.47. The van der Waals surface area contributed by atoms with Crippen molar-refractivity contribution in [3.05, 3.63) is 64.8 Å². The average Bonchev–Trinajstić information content (AvgIpc) is 2.66. The van der Waals surface area contributed by atoms with Gasteiger partial charge in [0.15, 0.2) is 5.78 Å². The molecule has 1 aromatic rings. The molecule has 0 spiro atoms. The Labute approximate surface area is 94.8 Å². The molecule has 1 atom stereocenters. The molecule has 0 aliphatic heterocycles. The summed E-state index contributed by atoms with van der Waals surface area (Å²) in [6, 6.07) is 8.39. The first-order valence-electron chi connectivity index (χ1n) is 5.47. The molecule has 1 heteroatoms. The molecular weight excluding hydrogens is 196 g/mol. The van der Waals surface area contributed by atoms with Crippen LogP contribution in [0.15, 0.2) is 53.6 Å². The molecule has 0 aromatic heterocycles. The van der Waals surface area contributed by atoms with Gasteiger partial charge in [0.05, 0.1) is 0 Å². The van der Waals surface area contributed by atoms with E-state index in [1.807, 2.05) is 18.2 Å². The van der Waals surface area contributed by atoms with E-state index in [9.17, 15) is 4.79 Å². The molecule has 0 saturated heterocycles. The van der Waals surface area contributed by atoms with Crippen molar-refractivity contribution in [2.24, 2.45) is 0 Å². The van der Waals surface area contributed by atoms with Crippen LogP contribution in [0.1, 0.15) is 24.0 Å². The first kappa shape index (κ1) is 9.34. The van der Waals surface area contributed by atoms with Crippen LogP contribution in [-0.4, -0.2) is 5.78 Å². The maximum absolute atomic E-state index is 11.3. The Morgan fingerprint density at radius 2 is 2.00 bits per heavy atom.